The van der Waals surface area contributed by atoms with Crippen molar-refractivity contribution in [2.75, 3.05) is 5.32 Å². The number of esters is 1. The summed E-state index contributed by atoms with van der Waals surface area (Å²) in [5, 5.41) is 12.5. The van der Waals surface area contributed by atoms with Crippen molar-refractivity contribution in [3.63, 3.8) is 0 Å². The first-order chi connectivity index (χ1) is 11.7. The van der Waals surface area contributed by atoms with Crippen LogP contribution in [0.5, 0.6) is 0 Å². The summed E-state index contributed by atoms with van der Waals surface area (Å²) >= 11 is 0. The molecule has 0 saturated heterocycles. The molecule has 1 amide bonds. The summed E-state index contributed by atoms with van der Waals surface area (Å²) in [4.78, 5) is 27.5. The second kappa shape index (κ2) is 7.53. The Balaban J connectivity index is 2.06. The second-order valence-electron chi connectivity index (χ2n) is 6.24. The molecule has 2 rings (SSSR count). The van der Waals surface area contributed by atoms with Crippen LogP contribution in [0.1, 0.15) is 52.8 Å². The first kappa shape index (κ1) is 18.7. The Labute approximate surface area is 147 Å². The Kier molecular flexibility index (Phi) is 5.64. The second-order valence-corrected chi connectivity index (χ2v) is 6.24. The van der Waals surface area contributed by atoms with Gasteiger partial charge in [-0.05, 0) is 52.3 Å². The minimum Gasteiger partial charge on any atom is -0.448 e. The molecular weight excluding hydrogens is 320 g/mol. The highest BCUT2D eigenvalue weighted by molar-refractivity contribution is 5.97. The monoisotopic (exact) mass is 344 g/mol. The highest BCUT2D eigenvalue weighted by atomic mass is 16.5. The molecule has 1 heterocycles. The van der Waals surface area contributed by atoms with Crippen LogP contribution >= 0.6 is 0 Å². The predicted octanol–water partition coefficient (Wildman–Crippen LogP) is 3.18. The van der Waals surface area contributed by atoms with Crippen molar-refractivity contribution in [2.24, 2.45) is 0 Å². The summed E-state index contributed by atoms with van der Waals surface area (Å²) in [5.74, 6) is -1.03. The quantitative estimate of drug-likeness (QED) is 0.727. The minimum absolute atomic E-state index is 0.253. The highest BCUT2D eigenvalue weighted by Crippen LogP contribution is 2.25. The van der Waals surface area contributed by atoms with Gasteiger partial charge in [-0.25, -0.2) is 4.79 Å². The molecule has 0 aliphatic heterocycles. The van der Waals surface area contributed by atoms with E-state index in [0.29, 0.717) is 22.5 Å². The zero-order valence-corrected chi connectivity index (χ0v) is 15.1. The van der Waals surface area contributed by atoms with Crippen LogP contribution in [0.4, 0.5) is 5.69 Å². The number of ether oxygens (including phenoxy) is 1. The number of hydrogen-bond donors (Lipinski definition) is 3. The SMILES string of the molecule is Cc1ccc(NC(=O)[C@H](C)OC(=O)c2[nH]c(C)c([C@@H](C)O)c2C)cc1. The molecule has 0 unspecified atom stereocenters. The number of aromatic nitrogens is 1. The van der Waals surface area contributed by atoms with Gasteiger partial charge in [0.1, 0.15) is 5.69 Å². The molecule has 0 fully saturated rings. The van der Waals surface area contributed by atoms with Gasteiger partial charge in [0.05, 0.1) is 6.10 Å². The number of aliphatic hydroxyl groups excluding tert-OH is 1. The lowest BCUT2D eigenvalue weighted by Crippen LogP contribution is -2.30. The zero-order valence-electron chi connectivity index (χ0n) is 15.1. The van der Waals surface area contributed by atoms with Crippen LogP contribution in [0.2, 0.25) is 0 Å². The van der Waals surface area contributed by atoms with Crippen molar-refractivity contribution in [3.05, 3.63) is 52.3 Å². The van der Waals surface area contributed by atoms with E-state index in [2.05, 4.69) is 10.3 Å². The number of H-pyrrole nitrogens is 1. The Morgan fingerprint density at radius 1 is 1.12 bits per heavy atom. The number of rotatable bonds is 5. The number of carbonyl (C=O) groups is 2. The van der Waals surface area contributed by atoms with Crippen LogP contribution < -0.4 is 5.32 Å². The first-order valence-electron chi connectivity index (χ1n) is 8.16. The van der Waals surface area contributed by atoms with Gasteiger partial charge in [0, 0.05) is 16.9 Å². The van der Waals surface area contributed by atoms with Gasteiger partial charge in [-0.15, -0.1) is 0 Å². The van der Waals surface area contributed by atoms with Crippen molar-refractivity contribution in [2.45, 2.75) is 46.8 Å². The van der Waals surface area contributed by atoms with Gasteiger partial charge in [-0.2, -0.15) is 0 Å². The molecule has 0 radical (unpaired) electrons. The summed E-state index contributed by atoms with van der Waals surface area (Å²) < 4.78 is 5.26. The predicted molar refractivity (Wildman–Crippen MR) is 95.6 cm³/mol. The fourth-order valence-corrected chi connectivity index (χ4v) is 2.75. The van der Waals surface area contributed by atoms with E-state index in [-0.39, 0.29) is 5.69 Å². The van der Waals surface area contributed by atoms with Crippen LogP contribution in [0.15, 0.2) is 24.3 Å². The standard InChI is InChI=1S/C19H24N2O4/c1-10-6-8-15(9-7-10)21-18(23)14(5)25-19(24)17-11(2)16(13(4)22)12(3)20-17/h6-9,13-14,20,22H,1-5H3,(H,21,23)/t13-,14+/m1/s1. The lowest BCUT2D eigenvalue weighted by molar-refractivity contribution is -0.123. The van der Waals surface area contributed by atoms with Gasteiger partial charge < -0.3 is 20.1 Å². The number of aliphatic hydroxyl groups is 1. The number of nitrogens with one attached hydrogen (secondary N) is 2. The van der Waals surface area contributed by atoms with Crippen molar-refractivity contribution in [3.8, 4) is 0 Å². The van der Waals surface area contributed by atoms with Crippen molar-refractivity contribution >= 4 is 17.6 Å². The molecule has 0 bridgehead atoms. The van der Waals surface area contributed by atoms with Crippen molar-refractivity contribution in [1.29, 1.82) is 0 Å². The number of anilines is 1. The van der Waals surface area contributed by atoms with Gasteiger partial charge in [-0.1, -0.05) is 17.7 Å². The van der Waals surface area contributed by atoms with Crippen LogP contribution in [0.3, 0.4) is 0 Å². The third kappa shape index (κ3) is 4.28. The van der Waals surface area contributed by atoms with E-state index in [1.165, 1.54) is 6.92 Å². The third-order valence-corrected chi connectivity index (χ3v) is 4.09. The molecule has 6 nitrogen and oxygen atoms in total. The van der Waals surface area contributed by atoms with E-state index in [1.807, 2.05) is 19.1 Å². The zero-order chi connectivity index (χ0) is 18.7. The number of carbonyl (C=O) groups excluding carboxylic acids is 2. The number of amides is 1. The number of benzene rings is 1. The Bertz CT molecular complexity index is 775. The van der Waals surface area contributed by atoms with Crippen LogP contribution in [0, 0.1) is 20.8 Å². The van der Waals surface area contributed by atoms with E-state index in [4.69, 9.17) is 4.74 Å². The van der Waals surface area contributed by atoms with Crippen LogP contribution in [0.25, 0.3) is 0 Å². The molecule has 1 aromatic heterocycles. The van der Waals surface area contributed by atoms with Gasteiger partial charge >= 0.3 is 5.97 Å². The molecule has 0 spiro atoms. The van der Waals surface area contributed by atoms with E-state index in [1.54, 1.807) is 32.9 Å². The van der Waals surface area contributed by atoms with Gasteiger partial charge in [-0.3, -0.25) is 4.79 Å². The summed E-state index contributed by atoms with van der Waals surface area (Å²) in [7, 11) is 0. The van der Waals surface area contributed by atoms with E-state index >= 15 is 0 Å². The molecule has 134 valence electrons. The molecule has 0 aliphatic rings. The Hall–Kier alpha value is -2.60. The van der Waals surface area contributed by atoms with Gasteiger partial charge in [0.25, 0.3) is 5.91 Å². The summed E-state index contributed by atoms with van der Waals surface area (Å²) in [6.45, 7) is 8.62. The molecule has 25 heavy (non-hydrogen) atoms. The lowest BCUT2D eigenvalue weighted by atomic mass is 10.1. The maximum atomic E-state index is 12.4. The van der Waals surface area contributed by atoms with Gasteiger partial charge in [0.2, 0.25) is 0 Å². The first-order valence-corrected chi connectivity index (χ1v) is 8.16. The number of hydrogen-bond acceptors (Lipinski definition) is 4. The molecule has 2 atom stereocenters. The largest absolute Gasteiger partial charge is 0.448 e. The molecule has 3 N–H and O–H groups in total. The fraction of sp³-hybridized carbons (Fsp3) is 0.368. The summed E-state index contributed by atoms with van der Waals surface area (Å²) in [6.07, 6.45) is -1.65. The average molecular weight is 344 g/mol. The Morgan fingerprint density at radius 3 is 2.24 bits per heavy atom. The molecule has 0 aliphatic carbocycles. The average Bonchev–Trinajstić information content (AvgIpc) is 2.84. The van der Waals surface area contributed by atoms with Crippen LogP contribution in [-0.4, -0.2) is 28.1 Å². The smallest absolute Gasteiger partial charge is 0.355 e. The van der Waals surface area contributed by atoms with Gasteiger partial charge in [0.15, 0.2) is 6.10 Å². The van der Waals surface area contributed by atoms with Crippen molar-refractivity contribution in [1.82, 2.24) is 4.98 Å². The topological polar surface area (TPSA) is 91.4 Å². The van der Waals surface area contributed by atoms with E-state index in [9.17, 15) is 14.7 Å². The normalized spacial score (nSPS) is 13.2. The number of aryl methyl sites for hydroxylation is 2. The lowest BCUT2D eigenvalue weighted by Gasteiger charge is -2.13. The number of aromatic amines is 1. The molecule has 0 saturated carbocycles. The fourth-order valence-electron chi connectivity index (χ4n) is 2.75. The molecule has 6 heteroatoms. The summed E-state index contributed by atoms with van der Waals surface area (Å²) in [5.41, 5.74) is 3.98. The molecule has 2 aromatic rings. The van der Waals surface area contributed by atoms with Crippen LogP contribution in [-0.2, 0) is 9.53 Å². The minimum atomic E-state index is -0.952. The van der Waals surface area contributed by atoms with Crippen molar-refractivity contribution < 1.29 is 19.4 Å². The molecule has 1 aromatic carbocycles. The van der Waals surface area contributed by atoms with E-state index < -0.39 is 24.1 Å². The Morgan fingerprint density at radius 2 is 1.72 bits per heavy atom. The maximum absolute atomic E-state index is 12.4. The van der Waals surface area contributed by atoms with E-state index in [0.717, 1.165) is 5.56 Å². The maximum Gasteiger partial charge on any atom is 0.355 e. The highest BCUT2D eigenvalue weighted by Gasteiger charge is 2.24. The molecular formula is C19H24N2O4. The third-order valence-electron chi connectivity index (χ3n) is 4.09. The summed E-state index contributed by atoms with van der Waals surface area (Å²) in [6, 6.07) is 7.34.